The average Bonchev–Trinajstić information content (AvgIpc) is 1.65. The quantitative estimate of drug-likeness (QED) is 0.593. The van der Waals surface area contributed by atoms with E-state index in [-0.39, 0.29) is 32.7 Å². The van der Waals surface area contributed by atoms with Crippen molar-refractivity contribution in [3.63, 3.8) is 0 Å². The van der Waals surface area contributed by atoms with Crippen molar-refractivity contribution in [2.75, 3.05) is 6.67 Å². The van der Waals surface area contributed by atoms with Crippen LogP contribution in [0.2, 0.25) is 0 Å². The summed E-state index contributed by atoms with van der Waals surface area (Å²) in [6.07, 6.45) is -1.74. The van der Waals surface area contributed by atoms with Crippen LogP contribution in [0.3, 0.4) is 0 Å². The van der Waals surface area contributed by atoms with Gasteiger partial charge in [-0.2, -0.15) is 0 Å². The molecule has 0 heterocycles. The molecule has 0 rings (SSSR count). The van der Waals surface area contributed by atoms with Crippen molar-refractivity contribution in [3.05, 3.63) is 6.36 Å². The predicted octanol–water partition coefficient (Wildman–Crippen LogP) is 1.31. The monoisotopic (exact) mass is 188 g/mol. The van der Waals surface area contributed by atoms with E-state index in [1.807, 2.05) is 0 Å². The molecule has 0 aliphatic carbocycles. The van der Waals surface area contributed by atoms with Gasteiger partial charge >= 0.3 is 0 Å². The maximum Gasteiger partial charge on any atom is 0.0317 e. The van der Waals surface area contributed by atoms with Crippen LogP contribution in [-0.4, -0.2) is 6.67 Å². The molecule has 0 saturated heterocycles. The molecule has 1 radical (unpaired) electrons. The normalized spacial score (nSPS) is 8.57. The van der Waals surface area contributed by atoms with Gasteiger partial charge in [0.25, 0.3) is 0 Å². The molecule has 0 unspecified atom stereocenters. The Balaban J connectivity index is 0. The fraction of sp³-hybridized carbons (Fsp3) is 0.500. The van der Waals surface area contributed by atoms with Gasteiger partial charge in [-0.3, -0.25) is 4.39 Å². The third kappa shape index (κ3) is 6.85. The number of hydrogen-bond acceptors (Lipinski definition) is 1. The molecule has 0 fully saturated rings. The first-order valence-corrected chi connectivity index (χ1v) is 1.17. The molecule has 0 aliphatic rings. The summed E-state index contributed by atoms with van der Waals surface area (Å²) in [4.78, 5) is 2.27. The molecule has 0 aromatic heterocycles. The SMILES string of the molecule is FC[C-](F)OF.[Y]. The summed E-state index contributed by atoms with van der Waals surface area (Å²) in [6, 6.07) is 0. The molecular formula is C2H2F3OY-. The van der Waals surface area contributed by atoms with Crippen LogP contribution in [0.25, 0.3) is 0 Å². The van der Waals surface area contributed by atoms with Crippen molar-refractivity contribution in [1.29, 1.82) is 0 Å². The molecule has 7 heavy (non-hydrogen) atoms. The molecule has 1 nitrogen and oxygen atoms in total. The van der Waals surface area contributed by atoms with E-state index in [1.54, 1.807) is 0 Å². The minimum absolute atomic E-state index is 0. The Hall–Kier alpha value is 0.854. The fourth-order valence-electron chi connectivity index (χ4n) is 0.0206. The van der Waals surface area contributed by atoms with Crippen LogP contribution < -0.4 is 0 Å². The van der Waals surface area contributed by atoms with Gasteiger partial charge in [-0.05, 0) is 0 Å². The van der Waals surface area contributed by atoms with E-state index in [1.165, 1.54) is 0 Å². The maximum atomic E-state index is 10.8. The summed E-state index contributed by atoms with van der Waals surface area (Å²) in [6.45, 7) is -1.52. The molecule has 0 aliphatic heterocycles. The average molecular weight is 188 g/mol. The van der Waals surface area contributed by atoms with Crippen LogP contribution in [0.5, 0.6) is 0 Å². The molecule has 0 N–H and O–H groups in total. The third-order valence-corrected chi connectivity index (χ3v) is 0.189. The van der Waals surface area contributed by atoms with Gasteiger partial charge in [0, 0.05) is 45.7 Å². The Bertz CT molecular complexity index is 32.1. The number of rotatable bonds is 2. The van der Waals surface area contributed by atoms with Gasteiger partial charge in [-0.15, -0.1) is 0 Å². The van der Waals surface area contributed by atoms with Gasteiger partial charge in [0.1, 0.15) is 0 Å². The first-order valence-electron chi connectivity index (χ1n) is 1.17. The minimum Gasteiger partial charge on any atom is -0.420 e. The maximum absolute atomic E-state index is 10.8. The topological polar surface area (TPSA) is 9.23 Å². The first-order chi connectivity index (χ1) is 2.81. The molecular weight excluding hydrogens is 186 g/mol. The standard InChI is InChI=1S/C2H2F3O.Y/c3-1-2(4)6-5;/h1H2;/q-1;. The van der Waals surface area contributed by atoms with Gasteiger partial charge in [-0.25, -0.2) is 0 Å². The Labute approximate surface area is 64.0 Å². The van der Waals surface area contributed by atoms with Gasteiger partial charge < -0.3 is 9.33 Å². The second kappa shape index (κ2) is 6.85. The van der Waals surface area contributed by atoms with E-state index >= 15 is 0 Å². The van der Waals surface area contributed by atoms with Gasteiger partial charge in [0.2, 0.25) is 0 Å². The van der Waals surface area contributed by atoms with E-state index < -0.39 is 13.0 Å². The molecule has 0 saturated carbocycles. The Kier molecular flexibility index (Phi) is 10.5. The predicted molar refractivity (Wildman–Crippen MR) is 12.5 cm³/mol. The van der Waals surface area contributed by atoms with E-state index in [0.717, 1.165) is 0 Å². The van der Waals surface area contributed by atoms with Gasteiger partial charge in [-0.1, -0.05) is 4.53 Å². The van der Waals surface area contributed by atoms with Crippen molar-refractivity contribution in [3.8, 4) is 0 Å². The number of alkyl halides is 1. The molecule has 0 spiro atoms. The summed E-state index contributed by atoms with van der Waals surface area (Å²) < 4.78 is 31.7. The Morgan fingerprint density at radius 3 is 2.00 bits per heavy atom. The zero-order chi connectivity index (χ0) is 4.99. The summed E-state index contributed by atoms with van der Waals surface area (Å²) in [5, 5.41) is 0. The van der Waals surface area contributed by atoms with Gasteiger partial charge in [0.05, 0.1) is 0 Å². The molecule has 0 aromatic rings. The Morgan fingerprint density at radius 1 is 1.57 bits per heavy atom. The van der Waals surface area contributed by atoms with Crippen molar-refractivity contribution < 1.29 is 51.0 Å². The largest absolute Gasteiger partial charge is 0.420 e. The van der Waals surface area contributed by atoms with E-state index in [9.17, 15) is 13.3 Å². The van der Waals surface area contributed by atoms with Crippen molar-refractivity contribution in [2.24, 2.45) is 0 Å². The van der Waals surface area contributed by atoms with Crippen LogP contribution in [0.4, 0.5) is 13.3 Å². The van der Waals surface area contributed by atoms with E-state index in [0.29, 0.717) is 0 Å². The zero-order valence-corrected chi connectivity index (χ0v) is 6.16. The molecule has 41 valence electrons. The molecule has 0 amide bonds. The smallest absolute Gasteiger partial charge is 0.0317 e. The van der Waals surface area contributed by atoms with Gasteiger partial charge in [0.15, 0.2) is 0 Å². The fourth-order valence-corrected chi connectivity index (χ4v) is 0.0206. The number of hydrogen-bond donors (Lipinski definition) is 0. The van der Waals surface area contributed by atoms with E-state index in [2.05, 4.69) is 4.94 Å². The summed E-state index contributed by atoms with van der Waals surface area (Å²) in [7, 11) is 0. The molecule has 5 heteroatoms. The minimum atomic E-state index is -1.74. The van der Waals surface area contributed by atoms with Crippen LogP contribution >= 0.6 is 0 Å². The van der Waals surface area contributed by atoms with Crippen LogP contribution in [-0.2, 0) is 37.7 Å². The summed E-state index contributed by atoms with van der Waals surface area (Å²) in [5.74, 6) is 0. The third-order valence-electron chi connectivity index (χ3n) is 0.189. The zero-order valence-electron chi connectivity index (χ0n) is 3.33. The molecule has 0 bridgehead atoms. The van der Waals surface area contributed by atoms with Crippen LogP contribution in [0.15, 0.2) is 0 Å². The van der Waals surface area contributed by atoms with Crippen molar-refractivity contribution in [1.82, 2.24) is 0 Å². The van der Waals surface area contributed by atoms with Crippen molar-refractivity contribution >= 4 is 0 Å². The Morgan fingerprint density at radius 2 is 2.00 bits per heavy atom. The number of halogens is 3. The summed E-state index contributed by atoms with van der Waals surface area (Å²) in [5.41, 5.74) is 0. The van der Waals surface area contributed by atoms with Crippen molar-refractivity contribution in [2.45, 2.75) is 0 Å². The first kappa shape index (κ1) is 10.8. The second-order valence-electron chi connectivity index (χ2n) is 0.566. The van der Waals surface area contributed by atoms with Crippen LogP contribution in [0.1, 0.15) is 0 Å². The second-order valence-corrected chi connectivity index (χ2v) is 0.566. The van der Waals surface area contributed by atoms with Crippen LogP contribution in [0, 0.1) is 6.36 Å². The molecule has 0 atom stereocenters. The molecule has 0 aromatic carbocycles. The summed E-state index contributed by atoms with van der Waals surface area (Å²) >= 11 is 0. The van der Waals surface area contributed by atoms with E-state index in [4.69, 9.17) is 0 Å².